The maximum Gasteiger partial charge on any atom is 0.310 e. The first-order chi connectivity index (χ1) is 5.20. The standard InChI is InChI=1S/C7H11NO3/c9-6(4-7(10)11)5-2-1-3-8-5/h5,8H,1-4H2,(H,10,11)/t5-/m0/s1. The van der Waals surface area contributed by atoms with E-state index >= 15 is 0 Å². The maximum atomic E-state index is 11.0. The van der Waals surface area contributed by atoms with E-state index in [1.165, 1.54) is 0 Å². The molecule has 0 aliphatic carbocycles. The molecule has 4 heteroatoms. The summed E-state index contributed by atoms with van der Waals surface area (Å²) in [6.45, 7) is 0.829. The molecule has 0 amide bonds. The molecule has 0 unspecified atom stereocenters. The van der Waals surface area contributed by atoms with Gasteiger partial charge < -0.3 is 10.4 Å². The van der Waals surface area contributed by atoms with Gasteiger partial charge in [0.25, 0.3) is 0 Å². The van der Waals surface area contributed by atoms with Gasteiger partial charge in [0.05, 0.1) is 6.04 Å². The monoisotopic (exact) mass is 157 g/mol. The summed E-state index contributed by atoms with van der Waals surface area (Å²) in [4.78, 5) is 21.1. The Kier molecular flexibility index (Phi) is 2.59. The molecule has 0 saturated carbocycles. The molecule has 0 radical (unpaired) electrons. The van der Waals surface area contributed by atoms with Crippen LogP contribution in [-0.2, 0) is 9.59 Å². The minimum Gasteiger partial charge on any atom is -0.481 e. The van der Waals surface area contributed by atoms with Crippen molar-refractivity contribution in [3.8, 4) is 0 Å². The first-order valence-electron chi connectivity index (χ1n) is 3.68. The van der Waals surface area contributed by atoms with E-state index < -0.39 is 5.97 Å². The van der Waals surface area contributed by atoms with Crippen molar-refractivity contribution in [1.29, 1.82) is 0 Å². The van der Waals surface area contributed by atoms with Gasteiger partial charge >= 0.3 is 5.97 Å². The maximum absolute atomic E-state index is 11.0. The highest BCUT2D eigenvalue weighted by atomic mass is 16.4. The second kappa shape index (κ2) is 3.48. The van der Waals surface area contributed by atoms with Gasteiger partial charge in [-0.05, 0) is 19.4 Å². The zero-order chi connectivity index (χ0) is 8.27. The molecule has 11 heavy (non-hydrogen) atoms. The number of carbonyl (C=O) groups is 2. The van der Waals surface area contributed by atoms with E-state index in [4.69, 9.17) is 5.11 Å². The minimum atomic E-state index is -1.04. The lowest BCUT2D eigenvalue weighted by Gasteiger charge is -2.05. The molecule has 2 N–H and O–H groups in total. The highest BCUT2D eigenvalue weighted by Crippen LogP contribution is 2.07. The number of carbonyl (C=O) groups excluding carboxylic acids is 1. The molecule has 1 saturated heterocycles. The predicted molar refractivity (Wildman–Crippen MR) is 38.3 cm³/mol. The fraction of sp³-hybridized carbons (Fsp3) is 0.714. The first-order valence-corrected chi connectivity index (χ1v) is 3.68. The van der Waals surface area contributed by atoms with Gasteiger partial charge in [-0.2, -0.15) is 0 Å². The SMILES string of the molecule is O=C(O)CC(=O)[C@@H]1CCCN1. The number of carboxylic acids is 1. The van der Waals surface area contributed by atoms with Crippen LogP contribution in [0.3, 0.4) is 0 Å². The van der Waals surface area contributed by atoms with Crippen LogP contribution in [0.1, 0.15) is 19.3 Å². The Morgan fingerprint density at radius 1 is 1.55 bits per heavy atom. The lowest BCUT2D eigenvalue weighted by molar-refractivity contribution is -0.140. The van der Waals surface area contributed by atoms with Crippen molar-refractivity contribution in [3.05, 3.63) is 0 Å². The van der Waals surface area contributed by atoms with Crippen molar-refractivity contribution in [2.24, 2.45) is 0 Å². The average Bonchev–Trinajstić information content (AvgIpc) is 2.35. The fourth-order valence-electron chi connectivity index (χ4n) is 1.23. The summed E-state index contributed by atoms with van der Waals surface area (Å²) in [5.74, 6) is -1.24. The molecular formula is C7H11NO3. The molecule has 1 fully saturated rings. The zero-order valence-electron chi connectivity index (χ0n) is 6.17. The van der Waals surface area contributed by atoms with Gasteiger partial charge in [-0.25, -0.2) is 0 Å². The van der Waals surface area contributed by atoms with Crippen LogP contribution in [0.4, 0.5) is 0 Å². The molecule has 0 aromatic rings. The Labute approximate surface area is 64.6 Å². The third kappa shape index (κ3) is 2.31. The number of hydrogen-bond acceptors (Lipinski definition) is 3. The summed E-state index contributed by atoms with van der Waals surface area (Å²) >= 11 is 0. The smallest absolute Gasteiger partial charge is 0.310 e. The van der Waals surface area contributed by atoms with E-state index in [9.17, 15) is 9.59 Å². The van der Waals surface area contributed by atoms with Gasteiger partial charge in [0.15, 0.2) is 5.78 Å². The van der Waals surface area contributed by atoms with Gasteiger partial charge in [0.2, 0.25) is 0 Å². The van der Waals surface area contributed by atoms with Crippen LogP contribution in [0.2, 0.25) is 0 Å². The number of rotatable bonds is 3. The summed E-state index contributed by atoms with van der Waals surface area (Å²) in [5.41, 5.74) is 0. The van der Waals surface area contributed by atoms with Gasteiger partial charge in [-0.3, -0.25) is 9.59 Å². The molecule has 1 rings (SSSR count). The topological polar surface area (TPSA) is 66.4 Å². The van der Waals surface area contributed by atoms with Gasteiger partial charge in [-0.1, -0.05) is 0 Å². The van der Waals surface area contributed by atoms with Crippen LogP contribution < -0.4 is 5.32 Å². The quantitative estimate of drug-likeness (QED) is 0.556. The second-order valence-electron chi connectivity index (χ2n) is 2.69. The largest absolute Gasteiger partial charge is 0.481 e. The second-order valence-corrected chi connectivity index (χ2v) is 2.69. The van der Waals surface area contributed by atoms with Crippen molar-refractivity contribution >= 4 is 11.8 Å². The predicted octanol–water partition coefficient (Wildman–Crippen LogP) is -0.218. The molecular weight excluding hydrogens is 146 g/mol. The Balaban J connectivity index is 2.34. The summed E-state index contributed by atoms with van der Waals surface area (Å²) in [7, 11) is 0. The number of aliphatic carboxylic acids is 1. The number of Topliss-reactive ketones (excluding diaryl/α,β-unsaturated/α-hetero) is 1. The van der Waals surface area contributed by atoms with Gasteiger partial charge in [0, 0.05) is 0 Å². The molecule has 4 nitrogen and oxygen atoms in total. The molecule has 0 spiro atoms. The lowest BCUT2D eigenvalue weighted by atomic mass is 10.1. The number of nitrogens with one attached hydrogen (secondary N) is 1. The normalized spacial score (nSPS) is 23.5. The number of ketones is 1. The van der Waals surface area contributed by atoms with E-state index in [1.54, 1.807) is 0 Å². The highest BCUT2D eigenvalue weighted by Gasteiger charge is 2.23. The Hall–Kier alpha value is -0.900. The molecule has 1 aliphatic rings. The molecule has 0 aromatic heterocycles. The number of hydrogen-bond donors (Lipinski definition) is 2. The molecule has 1 atom stereocenters. The molecule has 1 aliphatic heterocycles. The van der Waals surface area contributed by atoms with Crippen molar-refractivity contribution in [3.63, 3.8) is 0 Å². The molecule has 1 heterocycles. The summed E-state index contributed by atoms with van der Waals surface area (Å²) in [6, 6.07) is -0.203. The average molecular weight is 157 g/mol. The Morgan fingerprint density at radius 2 is 2.27 bits per heavy atom. The summed E-state index contributed by atoms with van der Waals surface area (Å²) in [6.07, 6.45) is 1.40. The minimum absolute atomic E-state index is 0.199. The molecule has 0 aromatic carbocycles. The van der Waals surface area contributed by atoms with Crippen molar-refractivity contribution in [2.45, 2.75) is 25.3 Å². The van der Waals surface area contributed by atoms with E-state index in [0.717, 1.165) is 19.4 Å². The highest BCUT2D eigenvalue weighted by molar-refractivity contribution is 5.97. The van der Waals surface area contributed by atoms with Crippen LogP contribution in [0, 0.1) is 0 Å². The van der Waals surface area contributed by atoms with Crippen LogP contribution in [-0.4, -0.2) is 29.4 Å². The van der Waals surface area contributed by atoms with Crippen LogP contribution >= 0.6 is 0 Å². The van der Waals surface area contributed by atoms with Crippen LogP contribution in [0.25, 0.3) is 0 Å². The first kappa shape index (κ1) is 8.20. The lowest BCUT2D eigenvalue weighted by Crippen LogP contribution is -2.31. The summed E-state index contributed by atoms with van der Waals surface area (Å²) < 4.78 is 0. The van der Waals surface area contributed by atoms with Crippen molar-refractivity contribution in [2.75, 3.05) is 6.54 Å². The summed E-state index contributed by atoms with van der Waals surface area (Å²) in [5, 5.41) is 11.2. The molecule has 0 bridgehead atoms. The van der Waals surface area contributed by atoms with Crippen LogP contribution in [0.5, 0.6) is 0 Å². The van der Waals surface area contributed by atoms with Gasteiger partial charge in [0.1, 0.15) is 6.42 Å². The molecule has 62 valence electrons. The van der Waals surface area contributed by atoms with E-state index in [0.29, 0.717) is 0 Å². The van der Waals surface area contributed by atoms with Crippen molar-refractivity contribution < 1.29 is 14.7 Å². The number of carboxylic acid groups (broad SMARTS) is 1. The van der Waals surface area contributed by atoms with Crippen LogP contribution in [0.15, 0.2) is 0 Å². The van der Waals surface area contributed by atoms with E-state index in [1.807, 2.05) is 0 Å². The van der Waals surface area contributed by atoms with Gasteiger partial charge in [-0.15, -0.1) is 0 Å². The Bertz CT molecular complexity index is 173. The Morgan fingerprint density at radius 3 is 2.73 bits per heavy atom. The third-order valence-electron chi connectivity index (χ3n) is 1.77. The third-order valence-corrected chi connectivity index (χ3v) is 1.77. The zero-order valence-corrected chi connectivity index (χ0v) is 6.17. The van der Waals surface area contributed by atoms with E-state index in [2.05, 4.69) is 5.32 Å². The van der Waals surface area contributed by atoms with Crippen molar-refractivity contribution in [1.82, 2.24) is 5.32 Å². The van der Waals surface area contributed by atoms with E-state index in [-0.39, 0.29) is 18.2 Å². The fourth-order valence-corrected chi connectivity index (χ4v) is 1.23.